The summed E-state index contributed by atoms with van der Waals surface area (Å²) in [6.45, 7) is 4.59. The minimum atomic E-state index is 0.306. The van der Waals surface area contributed by atoms with E-state index in [-0.39, 0.29) is 0 Å². The number of nitrogens with two attached hydrogens (primary N) is 1. The minimum absolute atomic E-state index is 0.306. The van der Waals surface area contributed by atoms with Gasteiger partial charge in [0.1, 0.15) is 0 Å². The van der Waals surface area contributed by atoms with Gasteiger partial charge in [-0.2, -0.15) is 0 Å². The van der Waals surface area contributed by atoms with Crippen LogP contribution in [0.25, 0.3) is 0 Å². The van der Waals surface area contributed by atoms with Crippen molar-refractivity contribution in [3.05, 3.63) is 0 Å². The average Bonchev–Trinajstić information content (AvgIpc) is 2.18. The Bertz CT molecular complexity index is 170. The molecule has 0 aromatic heterocycles. The highest BCUT2D eigenvalue weighted by molar-refractivity contribution is 5.76. The zero-order valence-corrected chi connectivity index (χ0v) is 8.46. The van der Waals surface area contributed by atoms with E-state index in [1.807, 2.05) is 11.8 Å². The molecule has 1 aliphatic heterocycles. The van der Waals surface area contributed by atoms with Crippen LogP contribution >= 0.6 is 0 Å². The van der Waals surface area contributed by atoms with Gasteiger partial charge in [0, 0.05) is 19.5 Å². The van der Waals surface area contributed by atoms with Crippen LogP contribution in [0.15, 0.2) is 0 Å². The molecule has 0 spiro atoms. The van der Waals surface area contributed by atoms with Crippen LogP contribution in [-0.4, -0.2) is 30.4 Å². The maximum Gasteiger partial charge on any atom is 0.222 e. The highest BCUT2D eigenvalue weighted by Gasteiger charge is 2.21. The van der Waals surface area contributed by atoms with Crippen molar-refractivity contribution < 1.29 is 4.79 Å². The number of piperidine rings is 1. The van der Waals surface area contributed by atoms with E-state index in [1.165, 1.54) is 6.42 Å². The molecule has 1 heterocycles. The fraction of sp³-hybridized carbons (Fsp3) is 0.900. The summed E-state index contributed by atoms with van der Waals surface area (Å²) in [6, 6.07) is 0. The molecular weight excluding hydrogens is 164 g/mol. The summed E-state index contributed by atoms with van der Waals surface area (Å²) in [5.74, 6) is 0.843. The summed E-state index contributed by atoms with van der Waals surface area (Å²) in [6.07, 6.45) is 3.95. The number of hydrogen-bond donors (Lipinski definition) is 1. The van der Waals surface area contributed by atoms with E-state index >= 15 is 0 Å². The Kier molecular flexibility index (Phi) is 4.22. The van der Waals surface area contributed by atoms with Crippen LogP contribution in [0.1, 0.15) is 32.6 Å². The molecule has 76 valence electrons. The maximum atomic E-state index is 11.5. The Hall–Kier alpha value is -0.570. The minimum Gasteiger partial charge on any atom is -0.342 e. The monoisotopic (exact) mass is 184 g/mol. The Morgan fingerprint density at radius 2 is 2.38 bits per heavy atom. The maximum absolute atomic E-state index is 11.5. The van der Waals surface area contributed by atoms with Crippen molar-refractivity contribution in [2.45, 2.75) is 32.6 Å². The van der Waals surface area contributed by atoms with Crippen LogP contribution in [0.2, 0.25) is 0 Å². The molecule has 1 saturated heterocycles. The van der Waals surface area contributed by atoms with E-state index in [2.05, 4.69) is 0 Å². The van der Waals surface area contributed by atoms with Gasteiger partial charge in [-0.1, -0.05) is 6.92 Å². The first-order chi connectivity index (χ1) is 6.27. The number of carbonyl (C=O) groups is 1. The van der Waals surface area contributed by atoms with E-state index in [1.54, 1.807) is 0 Å². The largest absolute Gasteiger partial charge is 0.342 e. The lowest BCUT2D eigenvalue weighted by molar-refractivity contribution is -0.132. The topological polar surface area (TPSA) is 46.3 Å². The lowest BCUT2D eigenvalue weighted by Crippen LogP contribution is -2.41. The fourth-order valence-electron chi connectivity index (χ4n) is 1.86. The molecule has 2 N–H and O–H groups in total. The molecule has 1 aliphatic rings. The van der Waals surface area contributed by atoms with E-state index in [0.717, 1.165) is 32.5 Å². The molecule has 3 heteroatoms. The Morgan fingerprint density at radius 3 is 3.00 bits per heavy atom. The quantitative estimate of drug-likeness (QED) is 0.711. The molecule has 0 aromatic rings. The number of carbonyl (C=O) groups excluding carboxylic acids is 1. The van der Waals surface area contributed by atoms with Crippen LogP contribution in [0.5, 0.6) is 0 Å². The van der Waals surface area contributed by atoms with Gasteiger partial charge in [-0.15, -0.1) is 0 Å². The zero-order valence-electron chi connectivity index (χ0n) is 8.46. The predicted molar refractivity (Wildman–Crippen MR) is 53.3 cm³/mol. The SMILES string of the molecule is CCCC(=O)N1CCC[C@@H](CN)C1. The normalized spacial score (nSPS) is 23.2. The van der Waals surface area contributed by atoms with Crippen molar-refractivity contribution in [2.24, 2.45) is 11.7 Å². The lowest BCUT2D eigenvalue weighted by atomic mass is 9.98. The second kappa shape index (κ2) is 5.22. The Labute approximate surface area is 80.3 Å². The first kappa shape index (κ1) is 10.5. The highest BCUT2D eigenvalue weighted by Crippen LogP contribution is 2.16. The molecule has 13 heavy (non-hydrogen) atoms. The fourth-order valence-corrected chi connectivity index (χ4v) is 1.86. The summed E-state index contributed by atoms with van der Waals surface area (Å²) in [5, 5.41) is 0. The first-order valence-electron chi connectivity index (χ1n) is 5.25. The van der Waals surface area contributed by atoms with E-state index in [9.17, 15) is 4.79 Å². The van der Waals surface area contributed by atoms with E-state index in [0.29, 0.717) is 18.2 Å². The summed E-state index contributed by atoms with van der Waals surface area (Å²) in [5.41, 5.74) is 5.60. The first-order valence-corrected chi connectivity index (χ1v) is 5.25. The zero-order chi connectivity index (χ0) is 9.68. The van der Waals surface area contributed by atoms with E-state index in [4.69, 9.17) is 5.73 Å². The summed E-state index contributed by atoms with van der Waals surface area (Å²) in [4.78, 5) is 13.5. The number of amides is 1. The highest BCUT2D eigenvalue weighted by atomic mass is 16.2. The molecule has 1 fully saturated rings. The van der Waals surface area contributed by atoms with Crippen LogP contribution in [0, 0.1) is 5.92 Å². The van der Waals surface area contributed by atoms with Crippen molar-refractivity contribution in [3.63, 3.8) is 0 Å². The molecular formula is C10H20N2O. The molecule has 0 saturated carbocycles. The predicted octanol–water partition coefficient (Wildman–Crippen LogP) is 0.984. The van der Waals surface area contributed by atoms with Gasteiger partial charge in [0.25, 0.3) is 0 Å². The number of rotatable bonds is 3. The van der Waals surface area contributed by atoms with Crippen molar-refractivity contribution in [3.8, 4) is 0 Å². The third-order valence-corrected chi connectivity index (χ3v) is 2.67. The van der Waals surface area contributed by atoms with Gasteiger partial charge in [-0.3, -0.25) is 4.79 Å². The third-order valence-electron chi connectivity index (χ3n) is 2.67. The van der Waals surface area contributed by atoms with Crippen molar-refractivity contribution >= 4 is 5.91 Å². The van der Waals surface area contributed by atoms with Crippen molar-refractivity contribution in [2.75, 3.05) is 19.6 Å². The molecule has 0 bridgehead atoms. The number of hydrogen-bond acceptors (Lipinski definition) is 2. The molecule has 0 aliphatic carbocycles. The summed E-state index contributed by atoms with van der Waals surface area (Å²) < 4.78 is 0. The summed E-state index contributed by atoms with van der Waals surface area (Å²) in [7, 11) is 0. The molecule has 0 radical (unpaired) electrons. The van der Waals surface area contributed by atoms with Crippen molar-refractivity contribution in [1.82, 2.24) is 4.90 Å². The standard InChI is InChI=1S/C10H20N2O/c1-2-4-10(13)12-6-3-5-9(7-11)8-12/h9H,2-8,11H2,1H3/t9-/m0/s1. The van der Waals surface area contributed by atoms with Crippen LogP contribution in [0.4, 0.5) is 0 Å². The lowest BCUT2D eigenvalue weighted by Gasteiger charge is -2.32. The van der Waals surface area contributed by atoms with Crippen LogP contribution in [-0.2, 0) is 4.79 Å². The van der Waals surface area contributed by atoms with Crippen molar-refractivity contribution in [1.29, 1.82) is 0 Å². The molecule has 0 unspecified atom stereocenters. The smallest absolute Gasteiger partial charge is 0.222 e. The van der Waals surface area contributed by atoms with Gasteiger partial charge in [0.15, 0.2) is 0 Å². The Balaban J connectivity index is 2.37. The van der Waals surface area contributed by atoms with Crippen LogP contribution in [0.3, 0.4) is 0 Å². The number of nitrogens with zero attached hydrogens (tertiary/aromatic N) is 1. The van der Waals surface area contributed by atoms with Gasteiger partial charge in [-0.05, 0) is 31.7 Å². The van der Waals surface area contributed by atoms with Crippen LogP contribution < -0.4 is 5.73 Å². The molecule has 1 rings (SSSR count). The van der Waals surface area contributed by atoms with Gasteiger partial charge in [-0.25, -0.2) is 0 Å². The summed E-state index contributed by atoms with van der Waals surface area (Å²) >= 11 is 0. The number of likely N-dealkylation sites (tertiary alicyclic amines) is 1. The van der Waals surface area contributed by atoms with Gasteiger partial charge < -0.3 is 10.6 Å². The third kappa shape index (κ3) is 2.99. The molecule has 0 aromatic carbocycles. The molecule has 3 nitrogen and oxygen atoms in total. The van der Waals surface area contributed by atoms with Gasteiger partial charge >= 0.3 is 0 Å². The van der Waals surface area contributed by atoms with Gasteiger partial charge in [0.05, 0.1) is 0 Å². The van der Waals surface area contributed by atoms with E-state index < -0.39 is 0 Å². The second-order valence-electron chi connectivity index (χ2n) is 3.83. The Morgan fingerprint density at radius 1 is 1.62 bits per heavy atom. The van der Waals surface area contributed by atoms with Gasteiger partial charge in [0.2, 0.25) is 5.91 Å². The molecule has 1 amide bonds. The molecule has 1 atom stereocenters. The average molecular weight is 184 g/mol. The second-order valence-corrected chi connectivity index (χ2v) is 3.83.